The van der Waals surface area contributed by atoms with Gasteiger partial charge in [0, 0.05) is 23.1 Å². The van der Waals surface area contributed by atoms with Crippen molar-refractivity contribution >= 4 is 21.0 Å². The minimum atomic E-state index is -5.87. The van der Waals surface area contributed by atoms with E-state index in [4.69, 9.17) is 0 Å². The van der Waals surface area contributed by atoms with Crippen molar-refractivity contribution in [3.63, 3.8) is 0 Å². The summed E-state index contributed by atoms with van der Waals surface area (Å²) >= 11 is 0. The highest BCUT2D eigenvalue weighted by Crippen LogP contribution is 2.34. The van der Waals surface area contributed by atoms with Crippen LogP contribution in [0.15, 0.2) is 47.3 Å². The Hall–Kier alpha value is -2.88. The van der Waals surface area contributed by atoms with Crippen molar-refractivity contribution in [1.82, 2.24) is 9.55 Å². The minimum Gasteiger partial charge on any atom is -0.376 e. The zero-order valence-electron chi connectivity index (χ0n) is 12.8. The maximum atomic E-state index is 12.5. The molecule has 0 unspecified atom stereocenters. The molecule has 0 amide bonds. The topological polar surface area (TPSA) is 78.3 Å². The van der Waals surface area contributed by atoms with E-state index in [9.17, 15) is 26.4 Å². The lowest BCUT2D eigenvalue weighted by Crippen LogP contribution is -2.29. The maximum absolute atomic E-state index is 12.5. The summed E-state index contributed by atoms with van der Waals surface area (Å²) in [6, 6.07) is 10.8. The van der Waals surface area contributed by atoms with E-state index < -0.39 is 26.9 Å². The third kappa shape index (κ3) is 2.53. The number of para-hydroxylation sites is 1. The van der Waals surface area contributed by atoms with Crippen molar-refractivity contribution < 1.29 is 25.8 Å². The Balaban J connectivity index is 1.86. The second-order valence-electron chi connectivity index (χ2n) is 5.67. The summed E-state index contributed by atoms with van der Waals surface area (Å²) in [6.45, 7) is 0.188. The number of rotatable bonds is 2. The monoisotopic (exact) mass is 382 g/mol. The molecule has 1 aliphatic rings. The smallest absolute Gasteiger partial charge is 0.376 e. The fourth-order valence-corrected chi connectivity index (χ4v) is 3.27. The molecule has 0 N–H and O–H groups in total. The Labute approximate surface area is 144 Å². The molecule has 0 atom stereocenters. The van der Waals surface area contributed by atoms with Gasteiger partial charge in [0.05, 0.1) is 23.4 Å². The normalized spacial score (nSPS) is 13.5. The van der Waals surface area contributed by atoms with E-state index in [0.717, 1.165) is 11.5 Å². The Morgan fingerprint density at radius 1 is 1.12 bits per heavy atom. The molecular weight excluding hydrogens is 373 g/mol. The van der Waals surface area contributed by atoms with E-state index >= 15 is 0 Å². The van der Waals surface area contributed by atoms with Gasteiger partial charge in [0.15, 0.2) is 5.75 Å². The highest BCUT2D eigenvalue weighted by molar-refractivity contribution is 7.88. The highest BCUT2D eigenvalue weighted by Gasteiger charge is 2.48. The van der Waals surface area contributed by atoms with Crippen LogP contribution in [0.4, 0.5) is 13.2 Å². The molecule has 3 heterocycles. The summed E-state index contributed by atoms with van der Waals surface area (Å²) in [5, 5.41) is 0.850. The van der Waals surface area contributed by atoms with Crippen molar-refractivity contribution in [3.8, 4) is 17.1 Å². The van der Waals surface area contributed by atoms with Crippen molar-refractivity contribution in [1.29, 1.82) is 0 Å². The van der Waals surface area contributed by atoms with Crippen LogP contribution in [0.3, 0.4) is 0 Å². The molecule has 26 heavy (non-hydrogen) atoms. The van der Waals surface area contributed by atoms with Gasteiger partial charge < -0.3 is 8.75 Å². The van der Waals surface area contributed by atoms with Crippen molar-refractivity contribution in [2.24, 2.45) is 0 Å². The zero-order chi connectivity index (χ0) is 18.7. The molecular formula is C16H9F3N2O4S. The largest absolute Gasteiger partial charge is 0.534 e. The third-order valence-corrected chi connectivity index (χ3v) is 4.94. The number of pyridine rings is 2. The number of fused-ring (bicyclic) bond motifs is 4. The van der Waals surface area contributed by atoms with Crippen LogP contribution in [0.2, 0.25) is 0 Å². The Bertz CT molecular complexity index is 1220. The predicted octanol–water partition coefficient (Wildman–Crippen LogP) is 2.65. The summed E-state index contributed by atoms with van der Waals surface area (Å²) in [4.78, 5) is 16.6. The van der Waals surface area contributed by atoms with Gasteiger partial charge in [-0.2, -0.15) is 21.6 Å². The molecule has 2 aromatic heterocycles. The first-order valence-corrected chi connectivity index (χ1v) is 8.71. The first-order valence-electron chi connectivity index (χ1n) is 7.30. The number of nitrogens with zero attached hydrogens (tertiary/aromatic N) is 2. The van der Waals surface area contributed by atoms with Crippen LogP contribution < -0.4 is 9.74 Å². The van der Waals surface area contributed by atoms with E-state index in [1.807, 2.05) is 18.2 Å². The third-order valence-electron chi connectivity index (χ3n) is 3.96. The highest BCUT2D eigenvalue weighted by atomic mass is 32.2. The fraction of sp³-hybridized carbons (Fsp3) is 0.125. The molecule has 0 aliphatic carbocycles. The molecule has 0 saturated carbocycles. The van der Waals surface area contributed by atoms with Gasteiger partial charge in [-0.15, -0.1) is 0 Å². The molecule has 0 bridgehead atoms. The first-order chi connectivity index (χ1) is 12.2. The van der Waals surface area contributed by atoms with Crippen LogP contribution in [-0.4, -0.2) is 23.5 Å². The average Bonchev–Trinajstić information content (AvgIpc) is 2.89. The van der Waals surface area contributed by atoms with E-state index in [-0.39, 0.29) is 12.2 Å². The summed E-state index contributed by atoms with van der Waals surface area (Å²) in [5.74, 6) is -0.707. The number of hydrogen-bond acceptors (Lipinski definition) is 5. The first kappa shape index (κ1) is 16.6. The number of aromatic nitrogens is 2. The molecule has 3 aromatic rings. The number of hydrogen-bond donors (Lipinski definition) is 0. The second kappa shape index (κ2) is 5.31. The van der Waals surface area contributed by atoms with Gasteiger partial charge in [0.25, 0.3) is 5.56 Å². The van der Waals surface area contributed by atoms with E-state index in [0.29, 0.717) is 22.8 Å². The van der Waals surface area contributed by atoms with Crippen molar-refractivity contribution in [3.05, 3.63) is 58.4 Å². The molecule has 0 saturated heterocycles. The molecule has 0 spiro atoms. The second-order valence-corrected chi connectivity index (χ2v) is 7.21. The van der Waals surface area contributed by atoms with Crippen LogP contribution in [-0.2, 0) is 16.7 Å². The summed E-state index contributed by atoms with van der Waals surface area (Å²) in [7, 11) is -5.87. The van der Waals surface area contributed by atoms with Crippen LogP contribution in [0.5, 0.6) is 5.75 Å². The molecule has 0 fully saturated rings. The SMILES string of the molecule is O=c1cc(OS(=O)(=O)C(F)(F)F)cc2n1Cc1cc3ccccc3nc1-2. The number of benzene rings is 1. The van der Waals surface area contributed by atoms with Crippen LogP contribution in [0.25, 0.3) is 22.3 Å². The number of halogens is 3. The van der Waals surface area contributed by atoms with E-state index in [1.165, 1.54) is 4.57 Å². The molecule has 6 nitrogen and oxygen atoms in total. The average molecular weight is 382 g/mol. The van der Waals surface area contributed by atoms with Gasteiger partial charge in [0.2, 0.25) is 0 Å². The van der Waals surface area contributed by atoms with Crippen molar-refractivity contribution in [2.75, 3.05) is 0 Å². The zero-order valence-corrected chi connectivity index (χ0v) is 13.6. The van der Waals surface area contributed by atoms with Crippen LogP contribution in [0.1, 0.15) is 5.56 Å². The Kier molecular flexibility index (Phi) is 3.38. The van der Waals surface area contributed by atoms with Gasteiger partial charge in [-0.3, -0.25) is 4.79 Å². The fourth-order valence-electron chi connectivity index (χ4n) is 2.83. The quantitative estimate of drug-likeness (QED) is 0.393. The Morgan fingerprint density at radius 2 is 1.85 bits per heavy atom. The van der Waals surface area contributed by atoms with Gasteiger partial charge in [-0.1, -0.05) is 18.2 Å². The maximum Gasteiger partial charge on any atom is 0.534 e. The van der Waals surface area contributed by atoms with Crippen molar-refractivity contribution in [2.45, 2.75) is 12.1 Å². The van der Waals surface area contributed by atoms with Crippen LogP contribution in [0, 0.1) is 0 Å². The van der Waals surface area contributed by atoms with E-state index in [1.54, 1.807) is 12.1 Å². The van der Waals surface area contributed by atoms with Crippen LogP contribution >= 0.6 is 0 Å². The van der Waals surface area contributed by atoms with Gasteiger partial charge in [-0.05, 0) is 12.1 Å². The molecule has 1 aromatic carbocycles. The standard InChI is InChI=1S/C16H9F3N2O4S/c17-16(18,19)26(23,24)25-11-6-13-15-10(8-21(13)14(22)7-11)5-9-3-1-2-4-12(9)20-15/h1-7H,8H2. The lowest BCUT2D eigenvalue weighted by molar-refractivity contribution is -0.0500. The Morgan fingerprint density at radius 3 is 2.58 bits per heavy atom. The predicted molar refractivity (Wildman–Crippen MR) is 86.1 cm³/mol. The lowest BCUT2D eigenvalue weighted by Gasteiger charge is -2.10. The summed E-state index contributed by atoms with van der Waals surface area (Å²) < 4.78 is 65.2. The summed E-state index contributed by atoms with van der Waals surface area (Å²) in [6.07, 6.45) is 0. The molecule has 4 rings (SSSR count). The molecule has 0 radical (unpaired) electrons. The minimum absolute atomic E-state index is 0.188. The molecule has 10 heteroatoms. The molecule has 134 valence electrons. The molecule has 1 aliphatic heterocycles. The van der Waals surface area contributed by atoms with Gasteiger partial charge in [0.1, 0.15) is 0 Å². The van der Waals surface area contributed by atoms with E-state index in [2.05, 4.69) is 9.17 Å². The number of alkyl halides is 3. The summed E-state index contributed by atoms with van der Waals surface area (Å²) in [5.41, 5.74) is -4.33. The van der Waals surface area contributed by atoms with Gasteiger partial charge in [-0.25, -0.2) is 4.98 Å². The van der Waals surface area contributed by atoms with Gasteiger partial charge >= 0.3 is 15.6 Å². The lowest BCUT2D eigenvalue weighted by atomic mass is 10.1.